The largest absolute Gasteiger partial charge is 0.338 e. The SMILES string of the molecule is CN(C(=O)c1ccc(N2CCCS2(=O)=O)cc1)C1CCS(=O)(=O)C1. The molecule has 2 fully saturated rings. The molecule has 2 aliphatic rings. The molecule has 0 bridgehead atoms. The maximum Gasteiger partial charge on any atom is 0.253 e. The lowest BCUT2D eigenvalue weighted by Gasteiger charge is -2.24. The van der Waals surface area contributed by atoms with Crippen LogP contribution in [0.1, 0.15) is 23.2 Å². The normalized spacial score (nSPS) is 24.9. The van der Waals surface area contributed by atoms with Crippen LogP contribution in [0.3, 0.4) is 0 Å². The number of benzene rings is 1. The van der Waals surface area contributed by atoms with Crippen LogP contribution >= 0.6 is 0 Å². The second-order valence-corrected chi connectivity index (χ2v) is 10.5. The zero-order valence-electron chi connectivity index (χ0n) is 13.4. The molecule has 0 saturated carbocycles. The summed E-state index contributed by atoms with van der Waals surface area (Å²) < 4.78 is 48.3. The number of sulfonamides is 1. The van der Waals surface area contributed by atoms with Gasteiger partial charge in [-0.05, 0) is 37.1 Å². The highest BCUT2D eigenvalue weighted by atomic mass is 32.2. The molecule has 1 aromatic carbocycles. The van der Waals surface area contributed by atoms with Crippen molar-refractivity contribution in [3.05, 3.63) is 29.8 Å². The van der Waals surface area contributed by atoms with Crippen molar-refractivity contribution in [1.82, 2.24) is 4.90 Å². The molecule has 0 N–H and O–H groups in total. The van der Waals surface area contributed by atoms with Crippen molar-refractivity contribution in [3.8, 4) is 0 Å². The summed E-state index contributed by atoms with van der Waals surface area (Å²) in [6.45, 7) is 0.454. The number of carbonyl (C=O) groups excluding carboxylic acids is 1. The molecule has 9 heteroatoms. The minimum Gasteiger partial charge on any atom is -0.338 e. The van der Waals surface area contributed by atoms with Gasteiger partial charge in [-0.25, -0.2) is 16.8 Å². The second-order valence-electron chi connectivity index (χ2n) is 6.26. The summed E-state index contributed by atoms with van der Waals surface area (Å²) in [5, 5.41) is 0. The van der Waals surface area contributed by atoms with Crippen LogP contribution in [0.5, 0.6) is 0 Å². The molecule has 1 amide bonds. The quantitative estimate of drug-likeness (QED) is 0.770. The van der Waals surface area contributed by atoms with Crippen LogP contribution in [0.25, 0.3) is 0 Å². The van der Waals surface area contributed by atoms with Crippen molar-refractivity contribution < 1.29 is 21.6 Å². The summed E-state index contributed by atoms with van der Waals surface area (Å²) in [6, 6.07) is 6.11. The average Bonchev–Trinajstić information content (AvgIpc) is 3.07. The summed E-state index contributed by atoms with van der Waals surface area (Å²) in [6.07, 6.45) is 1.05. The molecule has 24 heavy (non-hydrogen) atoms. The van der Waals surface area contributed by atoms with Crippen molar-refractivity contribution in [2.75, 3.05) is 35.2 Å². The van der Waals surface area contributed by atoms with E-state index in [9.17, 15) is 21.6 Å². The van der Waals surface area contributed by atoms with Gasteiger partial charge in [0.25, 0.3) is 5.91 Å². The first-order chi connectivity index (χ1) is 11.2. The number of sulfone groups is 1. The Morgan fingerprint density at radius 1 is 1.12 bits per heavy atom. The summed E-state index contributed by atoms with van der Waals surface area (Å²) in [5.41, 5.74) is 0.970. The Bertz CT molecular complexity index is 846. The predicted octanol–water partition coefficient (Wildman–Crippen LogP) is 0.486. The summed E-state index contributed by atoms with van der Waals surface area (Å²) in [7, 11) is -4.69. The number of nitrogens with zero attached hydrogens (tertiary/aromatic N) is 2. The Labute approximate surface area is 142 Å². The van der Waals surface area contributed by atoms with Crippen LogP contribution in [0, 0.1) is 0 Å². The standard InChI is InChI=1S/C15H20N2O5S2/c1-16(14-7-10-23(19,20)11-14)15(18)12-3-5-13(6-4-12)17-8-2-9-24(17,21)22/h3-6,14H,2,7-11H2,1H3. The van der Waals surface area contributed by atoms with Crippen LogP contribution < -0.4 is 4.31 Å². The molecule has 2 heterocycles. The van der Waals surface area contributed by atoms with Crippen molar-refractivity contribution >= 4 is 31.5 Å². The number of amides is 1. The molecule has 0 spiro atoms. The molecule has 0 aliphatic carbocycles. The number of hydrogen-bond acceptors (Lipinski definition) is 5. The molecule has 1 aromatic rings. The first kappa shape index (κ1) is 17.2. The summed E-state index contributed by atoms with van der Waals surface area (Å²) in [4.78, 5) is 14.0. The van der Waals surface area contributed by atoms with Gasteiger partial charge in [0.2, 0.25) is 10.0 Å². The Kier molecular flexibility index (Phi) is 4.33. The van der Waals surface area contributed by atoms with Crippen LogP contribution in [0.15, 0.2) is 24.3 Å². The molecule has 3 rings (SSSR count). The van der Waals surface area contributed by atoms with Crippen molar-refractivity contribution in [1.29, 1.82) is 0 Å². The van der Waals surface area contributed by atoms with Crippen LogP contribution in [0.4, 0.5) is 5.69 Å². The van der Waals surface area contributed by atoms with Gasteiger partial charge in [0.15, 0.2) is 9.84 Å². The fourth-order valence-electron chi connectivity index (χ4n) is 3.15. The maximum absolute atomic E-state index is 12.5. The first-order valence-corrected chi connectivity index (χ1v) is 11.2. The third kappa shape index (κ3) is 3.27. The first-order valence-electron chi connectivity index (χ1n) is 7.78. The lowest BCUT2D eigenvalue weighted by Crippen LogP contribution is -2.37. The van der Waals surface area contributed by atoms with Gasteiger partial charge in [-0.3, -0.25) is 9.10 Å². The third-order valence-electron chi connectivity index (χ3n) is 4.58. The highest BCUT2D eigenvalue weighted by molar-refractivity contribution is 7.93. The van der Waals surface area contributed by atoms with Gasteiger partial charge < -0.3 is 4.90 Å². The van der Waals surface area contributed by atoms with E-state index in [0.717, 1.165) is 0 Å². The molecular formula is C15H20N2O5S2. The number of rotatable bonds is 3. The van der Waals surface area contributed by atoms with Crippen LogP contribution in [-0.4, -0.2) is 64.5 Å². The van der Waals surface area contributed by atoms with Gasteiger partial charge in [0.1, 0.15) is 0 Å². The number of hydrogen-bond donors (Lipinski definition) is 0. The second kappa shape index (κ2) is 6.03. The van der Waals surface area contributed by atoms with Gasteiger partial charge in [0.05, 0.1) is 22.9 Å². The monoisotopic (exact) mass is 372 g/mol. The molecule has 1 unspecified atom stereocenters. The van der Waals surface area contributed by atoms with E-state index in [2.05, 4.69) is 0 Å². The highest BCUT2D eigenvalue weighted by Gasteiger charge is 2.33. The smallest absolute Gasteiger partial charge is 0.253 e. The maximum atomic E-state index is 12.5. The van der Waals surface area contributed by atoms with Gasteiger partial charge >= 0.3 is 0 Å². The van der Waals surface area contributed by atoms with Crippen LogP contribution in [-0.2, 0) is 19.9 Å². The summed E-state index contributed by atoms with van der Waals surface area (Å²) >= 11 is 0. The number of anilines is 1. The molecule has 2 aliphatic heterocycles. The van der Waals surface area contributed by atoms with Crippen molar-refractivity contribution in [2.24, 2.45) is 0 Å². The van der Waals surface area contributed by atoms with E-state index in [4.69, 9.17) is 0 Å². The van der Waals surface area contributed by atoms with Crippen LogP contribution in [0.2, 0.25) is 0 Å². The zero-order valence-corrected chi connectivity index (χ0v) is 15.0. The third-order valence-corrected chi connectivity index (χ3v) is 8.20. The zero-order chi connectivity index (χ0) is 17.5. The molecular weight excluding hydrogens is 352 g/mol. The predicted molar refractivity (Wildman–Crippen MR) is 91.3 cm³/mol. The Morgan fingerprint density at radius 3 is 2.29 bits per heavy atom. The Morgan fingerprint density at radius 2 is 1.79 bits per heavy atom. The lowest BCUT2D eigenvalue weighted by atomic mass is 10.1. The minimum absolute atomic E-state index is 0.000650. The van der Waals surface area contributed by atoms with Crippen molar-refractivity contribution in [2.45, 2.75) is 18.9 Å². The topological polar surface area (TPSA) is 91.8 Å². The average molecular weight is 372 g/mol. The van der Waals surface area contributed by atoms with E-state index in [-0.39, 0.29) is 29.2 Å². The van der Waals surface area contributed by atoms with E-state index in [1.54, 1.807) is 31.3 Å². The highest BCUT2D eigenvalue weighted by Crippen LogP contribution is 2.25. The van der Waals surface area contributed by atoms with E-state index in [1.165, 1.54) is 9.21 Å². The van der Waals surface area contributed by atoms with Gasteiger partial charge in [-0.15, -0.1) is 0 Å². The molecule has 1 atom stereocenters. The van der Waals surface area contributed by atoms with E-state index in [1.807, 2.05) is 0 Å². The van der Waals surface area contributed by atoms with Gasteiger partial charge in [0, 0.05) is 25.2 Å². The fourth-order valence-corrected chi connectivity index (χ4v) is 6.49. The molecule has 0 radical (unpaired) electrons. The van der Waals surface area contributed by atoms with Gasteiger partial charge in [-0.1, -0.05) is 0 Å². The van der Waals surface area contributed by atoms with Crippen molar-refractivity contribution in [3.63, 3.8) is 0 Å². The minimum atomic E-state index is -3.24. The molecule has 132 valence electrons. The molecule has 0 aromatic heterocycles. The lowest BCUT2D eigenvalue weighted by molar-refractivity contribution is 0.0747. The van der Waals surface area contributed by atoms with E-state index < -0.39 is 19.9 Å². The summed E-state index contributed by atoms with van der Waals surface area (Å²) in [5.74, 6) is 0.000360. The Balaban J connectivity index is 1.75. The molecule has 7 nitrogen and oxygen atoms in total. The van der Waals surface area contributed by atoms with Gasteiger partial charge in [-0.2, -0.15) is 0 Å². The Hall–Kier alpha value is -1.61. The fraction of sp³-hybridized carbons (Fsp3) is 0.533. The van der Waals surface area contributed by atoms with E-state index >= 15 is 0 Å². The van der Waals surface area contributed by atoms with E-state index in [0.29, 0.717) is 30.6 Å². The molecule has 2 saturated heterocycles. The number of carbonyl (C=O) groups is 1.